The lowest BCUT2D eigenvalue weighted by atomic mass is 10.2. The number of ether oxygens (including phenoxy) is 1. The van der Waals surface area contributed by atoms with Crippen LogP contribution in [-0.2, 0) is 11.8 Å². The Morgan fingerprint density at radius 2 is 2.20 bits per heavy atom. The van der Waals surface area contributed by atoms with Crippen LogP contribution in [0.2, 0.25) is 0 Å². The highest BCUT2D eigenvalue weighted by molar-refractivity contribution is 5.97. The molecular weight excluding hydrogens is 192 g/mol. The van der Waals surface area contributed by atoms with Gasteiger partial charge in [-0.3, -0.25) is 9.69 Å². The molecular formula is C11H16N2O2. The molecule has 0 spiro atoms. The molecule has 0 N–H and O–H groups in total. The molecule has 2 heterocycles. The highest BCUT2D eigenvalue weighted by Crippen LogP contribution is 2.04. The average Bonchev–Trinajstić information content (AvgIpc) is 2.66. The van der Waals surface area contributed by atoms with Gasteiger partial charge in [0.2, 0.25) is 0 Å². The Bertz CT molecular complexity index is 340. The van der Waals surface area contributed by atoms with E-state index in [9.17, 15) is 4.79 Å². The summed E-state index contributed by atoms with van der Waals surface area (Å²) in [5, 5.41) is 0. The van der Waals surface area contributed by atoms with Gasteiger partial charge in [-0.05, 0) is 6.07 Å². The highest BCUT2D eigenvalue weighted by Gasteiger charge is 2.15. The lowest BCUT2D eigenvalue weighted by Gasteiger charge is -2.25. The first kappa shape index (κ1) is 10.4. The van der Waals surface area contributed by atoms with Crippen molar-refractivity contribution in [2.24, 2.45) is 7.05 Å². The van der Waals surface area contributed by atoms with Crippen molar-refractivity contribution in [1.29, 1.82) is 0 Å². The second-order valence-electron chi connectivity index (χ2n) is 3.88. The Hall–Kier alpha value is -1.13. The quantitative estimate of drug-likeness (QED) is 0.680. The molecule has 1 aromatic heterocycles. The Kier molecular flexibility index (Phi) is 3.18. The predicted octanol–water partition coefficient (Wildman–Crippen LogP) is 0.540. The van der Waals surface area contributed by atoms with Crippen molar-refractivity contribution in [3.63, 3.8) is 0 Å². The van der Waals surface area contributed by atoms with Crippen LogP contribution in [0.1, 0.15) is 10.4 Å². The minimum atomic E-state index is 0.192. The van der Waals surface area contributed by atoms with Gasteiger partial charge in [-0.25, -0.2) is 0 Å². The minimum absolute atomic E-state index is 0.192. The molecule has 0 radical (unpaired) electrons. The number of carbonyl (C=O) groups is 1. The van der Waals surface area contributed by atoms with Crippen LogP contribution in [0, 0.1) is 0 Å². The van der Waals surface area contributed by atoms with Gasteiger partial charge in [0.25, 0.3) is 0 Å². The number of nitrogens with zero attached hydrogens (tertiary/aromatic N) is 2. The molecule has 1 aromatic rings. The monoisotopic (exact) mass is 208 g/mol. The van der Waals surface area contributed by atoms with Crippen molar-refractivity contribution >= 4 is 5.78 Å². The van der Waals surface area contributed by atoms with Crippen molar-refractivity contribution in [2.75, 3.05) is 32.8 Å². The molecule has 82 valence electrons. The average molecular weight is 208 g/mol. The number of rotatable bonds is 3. The molecule has 4 nitrogen and oxygen atoms in total. The van der Waals surface area contributed by atoms with Crippen molar-refractivity contribution in [2.45, 2.75) is 0 Å². The van der Waals surface area contributed by atoms with E-state index in [1.165, 1.54) is 0 Å². The highest BCUT2D eigenvalue weighted by atomic mass is 16.5. The van der Waals surface area contributed by atoms with Crippen molar-refractivity contribution in [3.8, 4) is 0 Å². The first-order valence-corrected chi connectivity index (χ1v) is 5.21. The molecule has 0 aliphatic carbocycles. The maximum atomic E-state index is 11.8. The summed E-state index contributed by atoms with van der Waals surface area (Å²) in [7, 11) is 1.92. The van der Waals surface area contributed by atoms with Gasteiger partial charge in [-0.2, -0.15) is 0 Å². The van der Waals surface area contributed by atoms with Crippen LogP contribution in [-0.4, -0.2) is 48.1 Å². The third kappa shape index (κ3) is 2.67. The Morgan fingerprint density at radius 1 is 1.47 bits per heavy atom. The standard InChI is InChI=1S/C11H16N2O2/c1-12-3-2-10(8-12)11(14)9-13-4-6-15-7-5-13/h2-3,8H,4-7,9H2,1H3. The van der Waals surface area contributed by atoms with Crippen LogP contribution < -0.4 is 0 Å². The zero-order chi connectivity index (χ0) is 10.7. The molecule has 0 saturated carbocycles. The molecule has 0 amide bonds. The third-order valence-electron chi connectivity index (χ3n) is 2.62. The van der Waals surface area contributed by atoms with Gasteiger partial charge in [0.05, 0.1) is 19.8 Å². The zero-order valence-corrected chi connectivity index (χ0v) is 8.98. The lowest BCUT2D eigenvalue weighted by Crippen LogP contribution is -2.39. The predicted molar refractivity (Wildman–Crippen MR) is 57.0 cm³/mol. The van der Waals surface area contributed by atoms with Crippen molar-refractivity contribution in [1.82, 2.24) is 9.47 Å². The van der Waals surface area contributed by atoms with Gasteiger partial charge in [0.1, 0.15) is 0 Å². The summed E-state index contributed by atoms with van der Waals surface area (Å²) in [6.45, 7) is 3.70. The topological polar surface area (TPSA) is 34.5 Å². The van der Waals surface area contributed by atoms with E-state index in [-0.39, 0.29) is 5.78 Å². The van der Waals surface area contributed by atoms with Crippen LogP contribution in [0.4, 0.5) is 0 Å². The van der Waals surface area contributed by atoms with E-state index in [4.69, 9.17) is 4.74 Å². The van der Waals surface area contributed by atoms with E-state index in [0.29, 0.717) is 6.54 Å². The van der Waals surface area contributed by atoms with Crippen LogP contribution in [0.3, 0.4) is 0 Å². The molecule has 0 atom stereocenters. The van der Waals surface area contributed by atoms with E-state index in [0.717, 1.165) is 31.9 Å². The summed E-state index contributed by atoms with van der Waals surface area (Å²) in [6.07, 6.45) is 3.76. The van der Waals surface area contributed by atoms with Gasteiger partial charge in [0.15, 0.2) is 5.78 Å². The molecule has 1 saturated heterocycles. The third-order valence-corrected chi connectivity index (χ3v) is 2.62. The van der Waals surface area contributed by atoms with Gasteiger partial charge in [-0.15, -0.1) is 0 Å². The SMILES string of the molecule is Cn1ccc(C(=O)CN2CCOCC2)c1. The molecule has 1 aliphatic heterocycles. The first-order chi connectivity index (χ1) is 7.25. The zero-order valence-electron chi connectivity index (χ0n) is 8.98. The molecule has 15 heavy (non-hydrogen) atoms. The fraction of sp³-hybridized carbons (Fsp3) is 0.545. The summed E-state index contributed by atoms with van der Waals surface area (Å²) < 4.78 is 7.13. The number of hydrogen-bond donors (Lipinski definition) is 0. The van der Waals surface area contributed by atoms with Crippen molar-refractivity contribution < 1.29 is 9.53 Å². The van der Waals surface area contributed by atoms with Gasteiger partial charge in [0, 0.05) is 38.1 Å². The van der Waals surface area contributed by atoms with E-state index in [1.54, 1.807) is 0 Å². The van der Waals surface area contributed by atoms with Crippen LogP contribution in [0.5, 0.6) is 0 Å². The van der Waals surface area contributed by atoms with E-state index >= 15 is 0 Å². The normalized spacial score (nSPS) is 17.9. The lowest BCUT2D eigenvalue weighted by molar-refractivity contribution is 0.0371. The summed E-state index contributed by atoms with van der Waals surface area (Å²) in [5.41, 5.74) is 0.795. The number of morpholine rings is 1. The Morgan fingerprint density at radius 3 is 2.80 bits per heavy atom. The number of hydrogen-bond acceptors (Lipinski definition) is 3. The Balaban J connectivity index is 1.91. The van der Waals surface area contributed by atoms with Crippen LogP contribution in [0.15, 0.2) is 18.5 Å². The molecule has 1 aliphatic rings. The number of aryl methyl sites for hydroxylation is 1. The molecule has 4 heteroatoms. The summed E-state index contributed by atoms with van der Waals surface area (Å²) >= 11 is 0. The van der Waals surface area contributed by atoms with Gasteiger partial charge < -0.3 is 9.30 Å². The largest absolute Gasteiger partial charge is 0.379 e. The Labute approximate surface area is 89.4 Å². The van der Waals surface area contributed by atoms with Crippen LogP contribution in [0.25, 0.3) is 0 Å². The molecule has 0 bridgehead atoms. The molecule has 0 unspecified atom stereocenters. The number of aromatic nitrogens is 1. The number of Topliss-reactive ketones (excluding diaryl/α,β-unsaturated/α-hetero) is 1. The summed E-state index contributed by atoms with van der Waals surface area (Å²) in [5.74, 6) is 0.192. The molecule has 0 aromatic carbocycles. The molecule has 2 rings (SSSR count). The van der Waals surface area contributed by atoms with E-state index in [2.05, 4.69) is 4.90 Å². The molecule has 1 fully saturated rings. The van der Waals surface area contributed by atoms with Gasteiger partial charge in [-0.1, -0.05) is 0 Å². The fourth-order valence-electron chi connectivity index (χ4n) is 1.72. The van der Waals surface area contributed by atoms with E-state index < -0.39 is 0 Å². The van der Waals surface area contributed by atoms with Crippen molar-refractivity contribution in [3.05, 3.63) is 24.0 Å². The number of ketones is 1. The van der Waals surface area contributed by atoms with Gasteiger partial charge >= 0.3 is 0 Å². The second kappa shape index (κ2) is 4.59. The van der Waals surface area contributed by atoms with E-state index in [1.807, 2.05) is 30.1 Å². The maximum Gasteiger partial charge on any atom is 0.178 e. The van der Waals surface area contributed by atoms with Crippen LogP contribution >= 0.6 is 0 Å². The smallest absolute Gasteiger partial charge is 0.178 e. The maximum absolute atomic E-state index is 11.8. The fourth-order valence-corrected chi connectivity index (χ4v) is 1.72. The summed E-state index contributed by atoms with van der Waals surface area (Å²) in [6, 6.07) is 1.86. The second-order valence-corrected chi connectivity index (χ2v) is 3.88. The first-order valence-electron chi connectivity index (χ1n) is 5.21. The summed E-state index contributed by atoms with van der Waals surface area (Å²) in [4.78, 5) is 14.0. The minimum Gasteiger partial charge on any atom is -0.379 e. The number of carbonyl (C=O) groups excluding carboxylic acids is 1.